The second-order valence-electron chi connectivity index (χ2n) is 6.19. The summed E-state index contributed by atoms with van der Waals surface area (Å²) in [5, 5.41) is 20.5. The lowest BCUT2D eigenvalue weighted by atomic mass is 9.81. The zero-order valence-electron chi connectivity index (χ0n) is 12.2. The van der Waals surface area contributed by atoms with E-state index < -0.39 is 16.3 Å². The van der Waals surface area contributed by atoms with E-state index in [0.29, 0.717) is 17.4 Å². The average molecular weight is 383 g/mol. The highest BCUT2D eigenvalue weighted by atomic mass is 79.9. The number of carbonyl (C=O) groups is 2. The van der Waals surface area contributed by atoms with Crippen molar-refractivity contribution in [3.8, 4) is 0 Å². The standard InChI is InChI=1S/C15H15BrN2O5/c16-11-4-9(5-12(6-11)18(22)23)13(19)17-7-10-2-1-3-15(10,8-17)14(20)21/h4-6,10H,1-3,7-8H2,(H,20,21)/t10-,15+/m0/s1. The number of carbonyl (C=O) groups excluding carboxylic acids is 1. The van der Waals surface area contributed by atoms with Crippen molar-refractivity contribution in [3.63, 3.8) is 0 Å². The van der Waals surface area contributed by atoms with Gasteiger partial charge in [0.25, 0.3) is 11.6 Å². The lowest BCUT2D eigenvalue weighted by Gasteiger charge is -2.23. The van der Waals surface area contributed by atoms with Gasteiger partial charge in [-0.1, -0.05) is 22.4 Å². The molecule has 0 bridgehead atoms. The monoisotopic (exact) mass is 382 g/mol. The Morgan fingerprint density at radius 1 is 1.39 bits per heavy atom. The smallest absolute Gasteiger partial charge is 0.311 e. The second kappa shape index (κ2) is 5.59. The maximum absolute atomic E-state index is 12.7. The van der Waals surface area contributed by atoms with Crippen molar-refractivity contribution in [3.05, 3.63) is 38.3 Å². The maximum atomic E-state index is 12.7. The predicted molar refractivity (Wildman–Crippen MR) is 84.1 cm³/mol. The Morgan fingerprint density at radius 2 is 2.13 bits per heavy atom. The number of fused-ring (bicyclic) bond motifs is 1. The number of likely N-dealkylation sites (tertiary alicyclic amines) is 1. The van der Waals surface area contributed by atoms with Crippen LogP contribution >= 0.6 is 15.9 Å². The van der Waals surface area contributed by atoms with Crippen LogP contribution < -0.4 is 0 Å². The molecule has 122 valence electrons. The number of nitro benzene ring substituents is 1. The number of aliphatic carboxylic acids is 1. The van der Waals surface area contributed by atoms with Gasteiger partial charge >= 0.3 is 5.97 Å². The second-order valence-corrected chi connectivity index (χ2v) is 7.11. The van der Waals surface area contributed by atoms with E-state index in [1.165, 1.54) is 23.1 Å². The van der Waals surface area contributed by atoms with E-state index in [4.69, 9.17) is 0 Å². The first-order valence-corrected chi connectivity index (χ1v) is 8.10. The molecule has 7 nitrogen and oxygen atoms in total. The minimum atomic E-state index is -0.854. The Balaban J connectivity index is 1.88. The molecule has 1 aromatic rings. The lowest BCUT2D eigenvalue weighted by molar-refractivity contribution is -0.385. The van der Waals surface area contributed by atoms with Crippen molar-refractivity contribution in [2.75, 3.05) is 13.1 Å². The molecule has 1 N–H and O–H groups in total. The highest BCUT2D eigenvalue weighted by Crippen LogP contribution is 2.49. The van der Waals surface area contributed by atoms with E-state index in [9.17, 15) is 24.8 Å². The SMILES string of the molecule is O=C(c1cc(Br)cc([N+](=O)[O-])c1)N1C[C@@H]2CCC[C@@]2(C(=O)O)C1. The van der Waals surface area contributed by atoms with Gasteiger partial charge in [-0.15, -0.1) is 0 Å². The van der Waals surface area contributed by atoms with Gasteiger partial charge in [-0.2, -0.15) is 0 Å². The van der Waals surface area contributed by atoms with Crippen LogP contribution in [-0.2, 0) is 4.79 Å². The molecule has 1 heterocycles. The highest BCUT2D eigenvalue weighted by Gasteiger charge is 2.55. The normalized spacial score (nSPS) is 26.1. The van der Waals surface area contributed by atoms with Gasteiger partial charge in [0, 0.05) is 35.3 Å². The number of carboxylic acids is 1. The van der Waals surface area contributed by atoms with Gasteiger partial charge in [-0.05, 0) is 24.8 Å². The molecular weight excluding hydrogens is 368 g/mol. The fourth-order valence-corrected chi connectivity index (χ4v) is 4.26. The first-order chi connectivity index (χ1) is 10.8. The van der Waals surface area contributed by atoms with E-state index in [1.807, 2.05) is 0 Å². The quantitative estimate of drug-likeness (QED) is 0.639. The summed E-state index contributed by atoms with van der Waals surface area (Å²) in [5.74, 6) is -1.24. The van der Waals surface area contributed by atoms with Crippen molar-refractivity contribution >= 4 is 33.5 Å². The number of nitrogens with zero attached hydrogens (tertiary/aromatic N) is 2. The molecule has 2 fully saturated rings. The summed E-state index contributed by atoms with van der Waals surface area (Å²) < 4.78 is 0.447. The summed E-state index contributed by atoms with van der Waals surface area (Å²) in [6.07, 6.45) is 2.24. The zero-order chi connectivity index (χ0) is 16.8. The molecule has 2 atom stereocenters. The number of benzene rings is 1. The zero-order valence-corrected chi connectivity index (χ0v) is 13.8. The first kappa shape index (κ1) is 15.9. The molecule has 0 aromatic heterocycles. The highest BCUT2D eigenvalue weighted by molar-refractivity contribution is 9.10. The largest absolute Gasteiger partial charge is 0.481 e. The molecule has 23 heavy (non-hydrogen) atoms. The minimum Gasteiger partial charge on any atom is -0.481 e. The number of amides is 1. The first-order valence-electron chi connectivity index (χ1n) is 7.31. The summed E-state index contributed by atoms with van der Waals surface area (Å²) in [6, 6.07) is 4.08. The number of nitro groups is 1. The van der Waals surface area contributed by atoms with Crippen LogP contribution in [0.3, 0.4) is 0 Å². The number of hydrogen-bond donors (Lipinski definition) is 1. The maximum Gasteiger partial charge on any atom is 0.311 e. The summed E-state index contributed by atoms with van der Waals surface area (Å²) in [4.78, 5) is 36.2. The Kier molecular flexibility index (Phi) is 3.87. The molecule has 1 aliphatic carbocycles. The third-order valence-electron chi connectivity index (χ3n) is 4.92. The molecule has 1 saturated heterocycles. The molecule has 1 aliphatic heterocycles. The van der Waals surface area contributed by atoms with Crippen LogP contribution in [0.5, 0.6) is 0 Å². The lowest BCUT2D eigenvalue weighted by Crippen LogP contribution is -2.37. The van der Waals surface area contributed by atoms with Crippen LogP contribution in [0.2, 0.25) is 0 Å². The number of hydrogen-bond acceptors (Lipinski definition) is 4. The minimum absolute atomic E-state index is 0.0360. The summed E-state index contributed by atoms with van der Waals surface area (Å²) >= 11 is 3.17. The Labute approximate surface area is 140 Å². The molecule has 1 amide bonds. The third kappa shape index (κ3) is 2.60. The van der Waals surface area contributed by atoms with Crippen LogP contribution in [0, 0.1) is 21.4 Å². The molecule has 0 spiro atoms. The number of carboxylic acid groups (broad SMARTS) is 1. The topological polar surface area (TPSA) is 101 Å². The van der Waals surface area contributed by atoms with E-state index in [-0.39, 0.29) is 29.6 Å². The van der Waals surface area contributed by atoms with Crippen molar-refractivity contribution in [2.45, 2.75) is 19.3 Å². The van der Waals surface area contributed by atoms with Crippen LogP contribution in [0.25, 0.3) is 0 Å². The van der Waals surface area contributed by atoms with E-state index in [0.717, 1.165) is 12.8 Å². The number of non-ortho nitro benzene ring substituents is 1. The van der Waals surface area contributed by atoms with Gasteiger partial charge in [0.15, 0.2) is 0 Å². The third-order valence-corrected chi connectivity index (χ3v) is 5.38. The Hall–Kier alpha value is -1.96. The van der Waals surface area contributed by atoms with Gasteiger partial charge in [-0.25, -0.2) is 0 Å². The van der Waals surface area contributed by atoms with Gasteiger partial charge in [-0.3, -0.25) is 19.7 Å². The van der Waals surface area contributed by atoms with Gasteiger partial charge < -0.3 is 10.0 Å². The van der Waals surface area contributed by atoms with Gasteiger partial charge in [0.1, 0.15) is 0 Å². The molecule has 2 aliphatic rings. The van der Waals surface area contributed by atoms with Crippen LogP contribution in [0.4, 0.5) is 5.69 Å². The van der Waals surface area contributed by atoms with E-state index in [1.54, 1.807) is 0 Å². The predicted octanol–water partition coefficient (Wildman–Crippen LogP) is 2.68. The van der Waals surface area contributed by atoms with Crippen LogP contribution in [-0.4, -0.2) is 39.9 Å². The average Bonchev–Trinajstić information content (AvgIpc) is 3.03. The fraction of sp³-hybridized carbons (Fsp3) is 0.467. The van der Waals surface area contributed by atoms with Crippen molar-refractivity contribution in [1.82, 2.24) is 4.90 Å². The van der Waals surface area contributed by atoms with E-state index >= 15 is 0 Å². The summed E-state index contributed by atoms with van der Waals surface area (Å²) in [5.41, 5.74) is -0.824. The van der Waals surface area contributed by atoms with Crippen LogP contribution in [0.15, 0.2) is 22.7 Å². The molecule has 0 unspecified atom stereocenters. The number of halogens is 1. The Morgan fingerprint density at radius 3 is 2.74 bits per heavy atom. The van der Waals surface area contributed by atoms with Gasteiger partial charge in [0.05, 0.1) is 10.3 Å². The van der Waals surface area contributed by atoms with Crippen molar-refractivity contribution in [1.29, 1.82) is 0 Å². The molecule has 1 saturated carbocycles. The summed E-state index contributed by atoms with van der Waals surface area (Å²) in [7, 11) is 0. The van der Waals surface area contributed by atoms with E-state index in [2.05, 4.69) is 15.9 Å². The Bertz CT molecular complexity index is 707. The molecule has 3 rings (SSSR count). The van der Waals surface area contributed by atoms with Gasteiger partial charge in [0.2, 0.25) is 0 Å². The van der Waals surface area contributed by atoms with Crippen molar-refractivity contribution in [2.24, 2.45) is 11.3 Å². The van der Waals surface area contributed by atoms with Crippen LogP contribution in [0.1, 0.15) is 29.6 Å². The fourth-order valence-electron chi connectivity index (χ4n) is 3.78. The molecule has 1 aromatic carbocycles. The number of rotatable bonds is 3. The molecule has 8 heteroatoms. The van der Waals surface area contributed by atoms with Crippen molar-refractivity contribution < 1.29 is 19.6 Å². The molecular formula is C15H15BrN2O5. The summed E-state index contributed by atoms with van der Waals surface area (Å²) in [6.45, 7) is 0.567. The molecule has 0 radical (unpaired) electrons.